The third kappa shape index (κ3) is 5.80. The average molecular weight is 239 g/mol. The quantitative estimate of drug-likeness (QED) is 0.829. The van der Waals surface area contributed by atoms with Gasteiger partial charge in [0.15, 0.2) is 0 Å². The maximum atomic E-state index is 10.4. The van der Waals surface area contributed by atoms with E-state index >= 15 is 0 Å². The summed E-state index contributed by atoms with van der Waals surface area (Å²) in [6.07, 6.45) is 0.101. The van der Waals surface area contributed by atoms with Crippen molar-refractivity contribution >= 4 is 11.7 Å². The van der Waals surface area contributed by atoms with Crippen molar-refractivity contribution in [3.63, 3.8) is 0 Å². The molecule has 1 aromatic carbocycles. The molecule has 0 radical (unpaired) electrons. The molecule has 4 heteroatoms. The zero-order valence-electron chi connectivity index (χ0n) is 10.7. The van der Waals surface area contributed by atoms with Crippen LogP contribution in [-0.2, 0) is 4.79 Å². The second kappa shape index (κ2) is 8.44. The number of phenols is 1. The maximum Gasteiger partial charge on any atom is 0.305 e. The lowest BCUT2D eigenvalue weighted by molar-refractivity contribution is -0.136. The van der Waals surface area contributed by atoms with E-state index < -0.39 is 5.97 Å². The van der Waals surface area contributed by atoms with E-state index in [1.807, 2.05) is 31.7 Å². The van der Waals surface area contributed by atoms with Gasteiger partial charge < -0.3 is 15.1 Å². The van der Waals surface area contributed by atoms with Gasteiger partial charge in [-0.05, 0) is 19.1 Å². The minimum Gasteiger partial charge on any atom is -0.508 e. The maximum absolute atomic E-state index is 10.4. The van der Waals surface area contributed by atoms with Crippen LogP contribution in [0, 0.1) is 0 Å². The lowest BCUT2D eigenvalue weighted by atomic mass is 10.2. The summed E-state index contributed by atoms with van der Waals surface area (Å²) in [7, 11) is 0. The van der Waals surface area contributed by atoms with Crippen LogP contribution in [0.1, 0.15) is 27.2 Å². The highest BCUT2D eigenvalue weighted by Gasteiger charge is 2.06. The second-order valence-corrected chi connectivity index (χ2v) is 3.24. The minimum atomic E-state index is -0.811. The molecule has 0 saturated heterocycles. The molecule has 1 aromatic rings. The Kier molecular flexibility index (Phi) is 7.59. The van der Waals surface area contributed by atoms with Crippen molar-refractivity contribution in [1.29, 1.82) is 0 Å². The molecule has 0 amide bonds. The molecule has 0 aromatic heterocycles. The lowest BCUT2D eigenvalue weighted by Crippen LogP contribution is -2.25. The van der Waals surface area contributed by atoms with Crippen LogP contribution >= 0.6 is 0 Å². The predicted molar refractivity (Wildman–Crippen MR) is 69.6 cm³/mol. The summed E-state index contributed by atoms with van der Waals surface area (Å²) < 4.78 is 0. The van der Waals surface area contributed by atoms with E-state index in [9.17, 15) is 9.90 Å². The fourth-order valence-corrected chi connectivity index (χ4v) is 1.39. The number of anilines is 1. The van der Waals surface area contributed by atoms with Crippen molar-refractivity contribution in [2.24, 2.45) is 0 Å². The van der Waals surface area contributed by atoms with Crippen LogP contribution in [0.15, 0.2) is 24.3 Å². The van der Waals surface area contributed by atoms with Crippen molar-refractivity contribution in [2.45, 2.75) is 27.2 Å². The number of phenolic OH excluding ortho intramolecular Hbond substituents is 1. The van der Waals surface area contributed by atoms with Gasteiger partial charge in [-0.15, -0.1) is 0 Å². The molecule has 0 atom stereocenters. The zero-order valence-corrected chi connectivity index (χ0v) is 10.7. The number of aliphatic carboxylic acids is 1. The first kappa shape index (κ1) is 15.3. The number of hydrogen-bond acceptors (Lipinski definition) is 3. The summed E-state index contributed by atoms with van der Waals surface area (Å²) in [6.45, 7) is 7.12. The molecular weight excluding hydrogens is 218 g/mol. The Morgan fingerprint density at radius 2 is 2.00 bits per heavy atom. The summed E-state index contributed by atoms with van der Waals surface area (Å²) in [5.74, 6) is -0.616. The smallest absolute Gasteiger partial charge is 0.305 e. The van der Waals surface area contributed by atoms with Crippen LogP contribution in [0.25, 0.3) is 0 Å². The number of aromatic hydroxyl groups is 1. The van der Waals surface area contributed by atoms with Crippen molar-refractivity contribution in [2.75, 3.05) is 18.0 Å². The number of carboxylic acid groups (broad SMARTS) is 1. The summed E-state index contributed by atoms with van der Waals surface area (Å²) in [4.78, 5) is 12.4. The Balaban J connectivity index is 0.00000121. The first-order valence-corrected chi connectivity index (χ1v) is 5.89. The standard InChI is InChI=1S/C11H15NO3.C2H6/c1-2-12(7-6-11(14)15)9-4-3-5-10(13)8-9;1-2/h3-5,8,13H,2,6-7H2,1H3,(H,14,15);1-2H3. The number of carbonyl (C=O) groups is 1. The van der Waals surface area contributed by atoms with Gasteiger partial charge in [-0.3, -0.25) is 4.79 Å². The summed E-state index contributed by atoms with van der Waals surface area (Å²) >= 11 is 0. The van der Waals surface area contributed by atoms with E-state index in [-0.39, 0.29) is 12.2 Å². The first-order valence-electron chi connectivity index (χ1n) is 5.89. The Bertz CT molecular complexity index is 339. The van der Waals surface area contributed by atoms with Crippen LogP contribution in [0.3, 0.4) is 0 Å². The molecule has 0 saturated carbocycles. The third-order valence-electron chi connectivity index (χ3n) is 2.17. The molecular formula is C13H21NO3. The summed E-state index contributed by atoms with van der Waals surface area (Å²) in [5.41, 5.74) is 0.846. The minimum absolute atomic E-state index is 0.101. The van der Waals surface area contributed by atoms with Gasteiger partial charge in [-0.2, -0.15) is 0 Å². The second-order valence-electron chi connectivity index (χ2n) is 3.24. The fraction of sp³-hybridized carbons (Fsp3) is 0.462. The molecule has 1 rings (SSSR count). The molecule has 0 fully saturated rings. The summed E-state index contributed by atoms with van der Waals surface area (Å²) in [6, 6.07) is 6.82. The van der Waals surface area contributed by atoms with E-state index in [2.05, 4.69) is 0 Å². The number of hydrogen-bond donors (Lipinski definition) is 2. The highest BCUT2D eigenvalue weighted by Crippen LogP contribution is 2.19. The number of rotatable bonds is 5. The van der Waals surface area contributed by atoms with Crippen molar-refractivity contribution in [3.05, 3.63) is 24.3 Å². The molecule has 96 valence electrons. The average Bonchev–Trinajstić information content (AvgIpc) is 2.32. The predicted octanol–water partition coefficient (Wildman–Crippen LogP) is 2.72. The monoisotopic (exact) mass is 239 g/mol. The van der Waals surface area contributed by atoms with Gasteiger partial charge in [0.1, 0.15) is 5.75 Å². The molecule has 0 bridgehead atoms. The molecule has 17 heavy (non-hydrogen) atoms. The van der Waals surface area contributed by atoms with Crippen LogP contribution < -0.4 is 4.90 Å². The van der Waals surface area contributed by atoms with Gasteiger partial charge in [0, 0.05) is 24.8 Å². The Morgan fingerprint density at radius 3 is 2.47 bits per heavy atom. The Labute approximate surface area is 103 Å². The van der Waals surface area contributed by atoms with Crippen molar-refractivity contribution < 1.29 is 15.0 Å². The van der Waals surface area contributed by atoms with E-state index in [0.29, 0.717) is 6.54 Å². The number of benzene rings is 1. The Morgan fingerprint density at radius 1 is 1.35 bits per heavy atom. The van der Waals surface area contributed by atoms with Gasteiger partial charge >= 0.3 is 5.97 Å². The van der Waals surface area contributed by atoms with E-state index in [4.69, 9.17) is 5.11 Å². The summed E-state index contributed by atoms with van der Waals surface area (Å²) in [5, 5.41) is 17.9. The highest BCUT2D eigenvalue weighted by molar-refractivity contribution is 5.67. The molecule has 2 N–H and O–H groups in total. The molecule has 0 heterocycles. The highest BCUT2D eigenvalue weighted by atomic mass is 16.4. The van der Waals surface area contributed by atoms with Crippen LogP contribution in [-0.4, -0.2) is 29.3 Å². The van der Waals surface area contributed by atoms with Gasteiger partial charge in [-0.25, -0.2) is 0 Å². The van der Waals surface area contributed by atoms with E-state index in [0.717, 1.165) is 12.2 Å². The molecule has 0 unspecified atom stereocenters. The molecule has 0 spiro atoms. The van der Waals surface area contributed by atoms with Gasteiger partial charge in [0.05, 0.1) is 6.42 Å². The molecule has 0 aliphatic rings. The van der Waals surface area contributed by atoms with Crippen LogP contribution in [0.5, 0.6) is 5.75 Å². The van der Waals surface area contributed by atoms with Crippen LogP contribution in [0.2, 0.25) is 0 Å². The molecule has 4 nitrogen and oxygen atoms in total. The van der Waals surface area contributed by atoms with Gasteiger partial charge in [0.2, 0.25) is 0 Å². The van der Waals surface area contributed by atoms with E-state index in [1.165, 1.54) is 0 Å². The van der Waals surface area contributed by atoms with Gasteiger partial charge in [0.25, 0.3) is 0 Å². The normalized spacial score (nSPS) is 9.12. The van der Waals surface area contributed by atoms with Crippen molar-refractivity contribution in [1.82, 2.24) is 0 Å². The molecule has 0 aliphatic carbocycles. The van der Waals surface area contributed by atoms with Crippen LogP contribution in [0.4, 0.5) is 5.69 Å². The fourth-order valence-electron chi connectivity index (χ4n) is 1.39. The zero-order chi connectivity index (χ0) is 13.3. The topological polar surface area (TPSA) is 60.8 Å². The van der Waals surface area contributed by atoms with Gasteiger partial charge in [-0.1, -0.05) is 19.9 Å². The van der Waals surface area contributed by atoms with E-state index in [1.54, 1.807) is 18.2 Å². The SMILES string of the molecule is CC.CCN(CCC(=O)O)c1cccc(O)c1. The lowest BCUT2D eigenvalue weighted by Gasteiger charge is -2.22. The third-order valence-corrected chi connectivity index (χ3v) is 2.17. The first-order chi connectivity index (χ1) is 8.13. The molecule has 0 aliphatic heterocycles. The largest absolute Gasteiger partial charge is 0.508 e. The number of nitrogens with zero attached hydrogens (tertiary/aromatic N) is 1. The Hall–Kier alpha value is -1.71. The number of carboxylic acids is 1. The van der Waals surface area contributed by atoms with Crippen molar-refractivity contribution in [3.8, 4) is 5.75 Å².